The molecule has 2 aromatic rings. The fourth-order valence-corrected chi connectivity index (χ4v) is 2.11. The molecule has 0 heterocycles. The summed E-state index contributed by atoms with van der Waals surface area (Å²) in [5.41, 5.74) is 3.15. The zero-order valence-corrected chi connectivity index (χ0v) is 13.0. The average molecular weight is 299 g/mol. The molecule has 1 amide bonds. The molecule has 4 heteroatoms. The van der Waals surface area contributed by atoms with Crippen LogP contribution in [0.4, 0.5) is 0 Å². The summed E-state index contributed by atoms with van der Waals surface area (Å²) >= 11 is 0. The van der Waals surface area contributed by atoms with E-state index in [4.69, 9.17) is 9.47 Å². The Morgan fingerprint density at radius 2 is 1.86 bits per heavy atom. The van der Waals surface area contributed by atoms with Crippen LogP contribution in [-0.2, 0) is 22.7 Å². The number of benzene rings is 2. The Bertz CT molecular complexity index is 625. The number of carbonyl (C=O) groups is 1. The molecule has 0 unspecified atom stereocenters. The van der Waals surface area contributed by atoms with Crippen molar-refractivity contribution in [2.75, 3.05) is 13.7 Å². The Morgan fingerprint density at radius 3 is 2.64 bits per heavy atom. The zero-order valence-electron chi connectivity index (χ0n) is 13.0. The van der Waals surface area contributed by atoms with Crippen molar-refractivity contribution in [2.24, 2.45) is 0 Å². The molecule has 0 bridgehead atoms. The first-order valence-corrected chi connectivity index (χ1v) is 7.21. The van der Waals surface area contributed by atoms with Crippen LogP contribution in [-0.4, -0.2) is 19.6 Å². The van der Waals surface area contributed by atoms with Gasteiger partial charge >= 0.3 is 0 Å². The number of para-hydroxylation sites is 1. The van der Waals surface area contributed by atoms with E-state index in [9.17, 15) is 4.79 Å². The molecular weight excluding hydrogens is 278 g/mol. The lowest BCUT2D eigenvalue weighted by atomic mass is 10.1. The number of methoxy groups -OCH3 is 1. The van der Waals surface area contributed by atoms with E-state index in [1.54, 1.807) is 7.11 Å². The van der Waals surface area contributed by atoms with E-state index < -0.39 is 0 Å². The summed E-state index contributed by atoms with van der Waals surface area (Å²) in [5.74, 6) is 0.597. The van der Waals surface area contributed by atoms with Gasteiger partial charge in [-0.2, -0.15) is 0 Å². The molecule has 1 N–H and O–H groups in total. The summed E-state index contributed by atoms with van der Waals surface area (Å²) in [5, 5.41) is 2.85. The van der Waals surface area contributed by atoms with E-state index in [0.717, 1.165) is 22.4 Å². The number of nitrogens with one attached hydrogen (secondary N) is 1. The third-order valence-electron chi connectivity index (χ3n) is 3.24. The molecule has 0 atom stereocenters. The molecule has 0 spiro atoms. The summed E-state index contributed by atoms with van der Waals surface area (Å²) in [4.78, 5) is 11.9. The SMILES string of the molecule is COCc1cccc(CNC(=O)COc2ccccc2C)c1. The van der Waals surface area contributed by atoms with E-state index >= 15 is 0 Å². The molecule has 2 aromatic carbocycles. The highest BCUT2D eigenvalue weighted by molar-refractivity contribution is 5.77. The Labute approximate surface area is 131 Å². The minimum absolute atomic E-state index is 0.0165. The second-order valence-electron chi connectivity index (χ2n) is 5.08. The second kappa shape index (κ2) is 8.20. The summed E-state index contributed by atoms with van der Waals surface area (Å²) in [7, 11) is 1.66. The molecule has 0 radical (unpaired) electrons. The van der Waals surface area contributed by atoms with Crippen molar-refractivity contribution in [1.29, 1.82) is 0 Å². The number of rotatable bonds is 7. The first kappa shape index (κ1) is 16.0. The number of hydrogen-bond acceptors (Lipinski definition) is 3. The number of amides is 1. The van der Waals surface area contributed by atoms with Crippen molar-refractivity contribution in [3.8, 4) is 5.75 Å². The van der Waals surface area contributed by atoms with Crippen LogP contribution in [0.25, 0.3) is 0 Å². The standard InChI is InChI=1S/C18H21NO3/c1-14-6-3-4-9-17(14)22-13-18(20)19-11-15-7-5-8-16(10-15)12-21-2/h3-10H,11-13H2,1-2H3,(H,19,20). The summed E-state index contributed by atoms with van der Waals surface area (Å²) in [6, 6.07) is 15.6. The molecule has 0 fully saturated rings. The molecular formula is C18H21NO3. The lowest BCUT2D eigenvalue weighted by Gasteiger charge is -2.10. The van der Waals surface area contributed by atoms with Gasteiger partial charge < -0.3 is 14.8 Å². The van der Waals surface area contributed by atoms with Gasteiger partial charge in [-0.1, -0.05) is 42.5 Å². The molecule has 4 nitrogen and oxygen atoms in total. The molecule has 2 rings (SSSR count). The van der Waals surface area contributed by atoms with E-state index in [1.807, 2.05) is 55.5 Å². The number of carbonyl (C=O) groups excluding carboxylic acids is 1. The second-order valence-corrected chi connectivity index (χ2v) is 5.08. The minimum atomic E-state index is -0.139. The van der Waals surface area contributed by atoms with E-state index in [2.05, 4.69) is 5.32 Å². The van der Waals surface area contributed by atoms with Crippen LogP contribution in [0.15, 0.2) is 48.5 Å². The minimum Gasteiger partial charge on any atom is -0.484 e. The lowest BCUT2D eigenvalue weighted by molar-refractivity contribution is -0.123. The van der Waals surface area contributed by atoms with Crippen LogP contribution >= 0.6 is 0 Å². The Morgan fingerprint density at radius 1 is 1.09 bits per heavy atom. The van der Waals surface area contributed by atoms with Crippen LogP contribution in [0.3, 0.4) is 0 Å². The van der Waals surface area contributed by atoms with Crippen LogP contribution in [0.1, 0.15) is 16.7 Å². The lowest BCUT2D eigenvalue weighted by Crippen LogP contribution is -2.28. The van der Waals surface area contributed by atoms with Crippen LogP contribution in [0.2, 0.25) is 0 Å². The predicted molar refractivity (Wildman–Crippen MR) is 85.7 cm³/mol. The molecule has 22 heavy (non-hydrogen) atoms. The van der Waals surface area contributed by atoms with Gasteiger partial charge in [0.1, 0.15) is 5.75 Å². The van der Waals surface area contributed by atoms with Gasteiger partial charge in [-0.05, 0) is 29.7 Å². The first-order valence-electron chi connectivity index (χ1n) is 7.21. The van der Waals surface area contributed by atoms with Gasteiger partial charge in [-0.15, -0.1) is 0 Å². The predicted octanol–water partition coefficient (Wildman–Crippen LogP) is 2.84. The number of ether oxygens (including phenoxy) is 2. The maximum atomic E-state index is 11.9. The van der Waals surface area contributed by atoms with Gasteiger partial charge in [0.05, 0.1) is 6.61 Å². The molecule has 0 aromatic heterocycles. The quantitative estimate of drug-likeness (QED) is 0.855. The highest BCUT2D eigenvalue weighted by Crippen LogP contribution is 2.15. The van der Waals surface area contributed by atoms with Crippen molar-refractivity contribution in [1.82, 2.24) is 5.32 Å². The van der Waals surface area contributed by atoms with Crippen molar-refractivity contribution in [3.63, 3.8) is 0 Å². The Balaban J connectivity index is 1.80. The molecule has 0 saturated carbocycles. The third-order valence-corrected chi connectivity index (χ3v) is 3.24. The summed E-state index contributed by atoms with van der Waals surface area (Å²) in [6.07, 6.45) is 0. The normalized spacial score (nSPS) is 10.3. The zero-order chi connectivity index (χ0) is 15.8. The van der Waals surface area contributed by atoms with Crippen molar-refractivity contribution in [3.05, 3.63) is 65.2 Å². The first-order chi connectivity index (χ1) is 10.7. The average Bonchev–Trinajstić information content (AvgIpc) is 2.53. The van der Waals surface area contributed by atoms with Crippen molar-refractivity contribution in [2.45, 2.75) is 20.1 Å². The van der Waals surface area contributed by atoms with Gasteiger partial charge in [0.25, 0.3) is 5.91 Å². The van der Waals surface area contributed by atoms with Gasteiger partial charge in [0.2, 0.25) is 0 Å². The summed E-state index contributed by atoms with van der Waals surface area (Å²) in [6.45, 7) is 3.02. The molecule has 0 saturated heterocycles. The van der Waals surface area contributed by atoms with Crippen molar-refractivity contribution >= 4 is 5.91 Å². The maximum Gasteiger partial charge on any atom is 0.258 e. The fraction of sp³-hybridized carbons (Fsp3) is 0.278. The fourth-order valence-electron chi connectivity index (χ4n) is 2.11. The molecule has 0 aliphatic carbocycles. The Hall–Kier alpha value is -2.33. The highest BCUT2D eigenvalue weighted by atomic mass is 16.5. The summed E-state index contributed by atoms with van der Waals surface area (Å²) < 4.78 is 10.6. The van der Waals surface area contributed by atoms with Gasteiger partial charge in [-0.25, -0.2) is 0 Å². The number of aryl methyl sites for hydroxylation is 1. The van der Waals surface area contributed by atoms with Crippen LogP contribution in [0, 0.1) is 6.92 Å². The molecule has 116 valence electrons. The third kappa shape index (κ3) is 4.90. The van der Waals surface area contributed by atoms with Crippen LogP contribution < -0.4 is 10.1 Å². The van der Waals surface area contributed by atoms with Gasteiger partial charge in [0.15, 0.2) is 6.61 Å². The number of hydrogen-bond donors (Lipinski definition) is 1. The maximum absolute atomic E-state index is 11.9. The Kier molecular flexibility index (Phi) is 5.98. The van der Waals surface area contributed by atoms with E-state index in [1.165, 1.54) is 0 Å². The highest BCUT2D eigenvalue weighted by Gasteiger charge is 2.04. The topological polar surface area (TPSA) is 47.6 Å². The largest absolute Gasteiger partial charge is 0.484 e. The molecule has 0 aliphatic heterocycles. The molecule has 0 aliphatic rings. The monoisotopic (exact) mass is 299 g/mol. The van der Waals surface area contributed by atoms with Crippen LogP contribution in [0.5, 0.6) is 5.75 Å². The smallest absolute Gasteiger partial charge is 0.258 e. The van der Waals surface area contributed by atoms with Crippen molar-refractivity contribution < 1.29 is 14.3 Å². The van der Waals surface area contributed by atoms with Gasteiger partial charge in [-0.3, -0.25) is 4.79 Å². The van der Waals surface area contributed by atoms with Gasteiger partial charge in [0, 0.05) is 13.7 Å². The van der Waals surface area contributed by atoms with E-state index in [0.29, 0.717) is 13.2 Å². The van der Waals surface area contributed by atoms with E-state index in [-0.39, 0.29) is 12.5 Å².